The van der Waals surface area contributed by atoms with E-state index in [0.29, 0.717) is 63.8 Å². The van der Waals surface area contributed by atoms with E-state index in [2.05, 4.69) is 20.6 Å². The summed E-state index contributed by atoms with van der Waals surface area (Å²) < 4.78 is 82.2. The topological polar surface area (TPSA) is 97.8 Å². The second-order valence-electron chi connectivity index (χ2n) is 8.82. The maximum atomic E-state index is 13.2. The van der Waals surface area contributed by atoms with E-state index in [1.165, 1.54) is 0 Å². The molecule has 1 aromatic heterocycles. The average Bonchev–Trinajstić information content (AvgIpc) is 2.84. The number of morpholine rings is 1. The van der Waals surface area contributed by atoms with Crippen molar-refractivity contribution in [3.05, 3.63) is 30.5 Å². The minimum Gasteiger partial charge on any atom is -0.495 e. The van der Waals surface area contributed by atoms with E-state index in [9.17, 15) is 24.2 Å². The third-order valence-electron chi connectivity index (χ3n) is 6.07. The molecule has 1 aliphatic heterocycles. The van der Waals surface area contributed by atoms with Crippen LogP contribution in [-0.2, 0) is 4.74 Å². The Hall–Kier alpha value is -3.07. The molecule has 9 nitrogen and oxygen atoms in total. The van der Waals surface area contributed by atoms with E-state index in [-0.39, 0.29) is 30.0 Å². The lowest BCUT2D eigenvalue weighted by atomic mass is 9.93. The zero-order valence-electron chi connectivity index (χ0n) is 20.0. The summed E-state index contributed by atoms with van der Waals surface area (Å²) in [5.74, 6) is 0.832. The first-order valence-corrected chi connectivity index (χ1v) is 13.6. The third-order valence-corrected chi connectivity index (χ3v) is 7.22. The largest absolute Gasteiger partial charge is 0.495 e. The molecular weight excluding hydrogens is 525 g/mol. The number of hydrogen-bond acceptors (Lipinski definition) is 7. The van der Waals surface area contributed by atoms with Crippen LogP contribution in [0.3, 0.4) is 0 Å². The molecule has 4 rings (SSSR count). The van der Waals surface area contributed by atoms with Gasteiger partial charge in [-0.15, -0.1) is 0 Å². The van der Waals surface area contributed by atoms with Crippen LogP contribution in [0.2, 0.25) is 0 Å². The Balaban J connectivity index is 1.30. The molecule has 2 heterocycles. The number of ether oxygens (including phenoxy) is 3. The molecule has 2 N–H and O–H groups in total. The molecule has 0 spiro atoms. The summed E-state index contributed by atoms with van der Waals surface area (Å²) in [5.41, 5.74) is -0.511. The van der Waals surface area contributed by atoms with Crippen LogP contribution in [0.5, 0.6) is 11.6 Å². The second kappa shape index (κ2) is 9.67. The number of benzene rings is 1. The molecule has 2 aromatic rings. The molecule has 1 saturated carbocycles. The van der Waals surface area contributed by atoms with E-state index in [4.69, 9.17) is 14.2 Å². The van der Waals surface area contributed by atoms with E-state index >= 15 is 0 Å². The molecule has 0 unspecified atom stereocenters. The van der Waals surface area contributed by atoms with Crippen molar-refractivity contribution in [2.75, 3.05) is 43.6 Å². The van der Waals surface area contributed by atoms with Gasteiger partial charge < -0.3 is 29.7 Å². The van der Waals surface area contributed by atoms with Gasteiger partial charge in [0.2, 0.25) is 11.8 Å². The van der Waals surface area contributed by atoms with Crippen LogP contribution in [0.4, 0.5) is 35.9 Å². The Bertz CT molecular complexity index is 1130. The molecule has 37 heavy (non-hydrogen) atoms. The zero-order chi connectivity index (χ0) is 26.7. The van der Waals surface area contributed by atoms with Gasteiger partial charge in [0.05, 0.1) is 26.0 Å². The number of nitrogens with zero attached hydrogens (tertiary/aromatic N) is 3. The van der Waals surface area contributed by atoms with Crippen LogP contribution in [0.1, 0.15) is 25.7 Å². The van der Waals surface area contributed by atoms with Gasteiger partial charge in [0.25, 0.3) is 0 Å². The predicted octanol–water partition coefficient (Wildman–Crippen LogP) is 5.49. The van der Waals surface area contributed by atoms with Crippen LogP contribution >= 0.6 is 10.2 Å². The summed E-state index contributed by atoms with van der Waals surface area (Å²) in [5, 5.41) is 4.86. The minimum absolute atomic E-state index is 0.136. The standard InChI is InChI=1S/C22H28F5N5O4S/c1-34-19-7-6-17(37(23,24,25,26)27)14-18(19)30-22(33)29-15-2-4-16(5-3-15)36-20-8-9-28-21(31-20)32-10-12-35-13-11-32/h6-9,14-16H,2-5,10-13H2,1H3,(H2,29,30,33). The van der Waals surface area contributed by atoms with Gasteiger partial charge >= 0.3 is 16.3 Å². The molecule has 206 valence electrons. The predicted molar refractivity (Wildman–Crippen MR) is 128 cm³/mol. The zero-order valence-corrected chi connectivity index (χ0v) is 20.8. The van der Waals surface area contributed by atoms with Gasteiger partial charge in [-0.25, -0.2) is 9.78 Å². The van der Waals surface area contributed by atoms with Crippen molar-refractivity contribution in [2.24, 2.45) is 0 Å². The Morgan fingerprint density at radius 1 is 1.08 bits per heavy atom. The minimum atomic E-state index is -9.92. The summed E-state index contributed by atoms with van der Waals surface area (Å²) in [6.45, 7) is 2.59. The van der Waals surface area contributed by atoms with E-state index in [1.54, 1.807) is 12.3 Å². The summed E-state index contributed by atoms with van der Waals surface area (Å²) in [6.07, 6.45) is 3.78. The number of carbonyl (C=O) groups is 1. The number of urea groups is 1. The first kappa shape index (κ1) is 27.0. The average molecular weight is 554 g/mol. The quantitative estimate of drug-likeness (QED) is 0.438. The summed E-state index contributed by atoms with van der Waals surface area (Å²) in [4.78, 5) is 21.1. The molecule has 2 amide bonds. The summed E-state index contributed by atoms with van der Waals surface area (Å²) >= 11 is 0. The van der Waals surface area contributed by atoms with Gasteiger partial charge in [-0.3, -0.25) is 0 Å². The molecular formula is C22H28F5N5O4S. The molecule has 2 aliphatic rings. The van der Waals surface area contributed by atoms with Crippen molar-refractivity contribution in [3.8, 4) is 11.6 Å². The highest BCUT2D eigenvalue weighted by Gasteiger charge is 2.65. The van der Waals surface area contributed by atoms with Gasteiger partial charge in [0, 0.05) is 31.4 Å². The fourth-order valence-electron chi connectivity index (χ4n) is 4.18. The molecule has 1 aliphatic carbocycles. The van der Waals surface area contributed by atoms with Gasteiger partial charge in [0.1, 0.15) is 16.7 Å². The monoisotopic (exact) mass is 553 g/mol. The van der Waals surface area contributed by atoms with Gasteiger partial charge in [-0.1, -0.05) is 19.4 Å². The number of halogens is 5. The smallest absolute Gasteiger partial charge is 0.319 e. The number of nitrogens with one attached hydrogen (secondary N) is 2. The Kier molecular flexibility index (Phi) is 7.05. The van der Waals surface area contributed by atoms with Crippen LogP contribution in [0.15, 0.2) is 35.4 Å². The lowest BCUT2D eigenvalue weighted by molar-refractivity contribution is 0.121. The highest BCUT2D eigenvalue weighted by atomic mass is 32.5. The van der Waals surface area contributed by atoms with Crippen LogP contribution in [0, 0.1) is 0 Å². The lowest BCUT2D eigenvalue weighted by Crippen LogP contribution is -2.41. The highest BCUT2D eigenvalue weighted by molar-refractivity contribution is 8.45. The Labute approximate surface area is 210 Å². The molecule has 1 aromatic carbocycles. The van der Waals surface area contributed by atoms with Crippen molar-refractivity contribution >= 4 is 27.9 Å². The number of amides is 2. The number of carbonyl (C=O) groups excluding carboxylic acids is 1. The van der Waals surface area contributed by atoms with E-state index < -0.39 is 26.8 Å². The van der Waals surface area contributed by atoms with Crippen molar-refractivity contribution in [1.29, 1.82) is 0 Å². The molecule has 0 atom stereocenters. The normalized spacial score (nSPS) is 22.4. The van der Waals surface area contributed by atoms with Crippen molar-refractivity contribution in [2.45, 2.75) is 42.7 Å². The molecule has 0 radical (unpaired) electrons. The van der Waals surface area contributed by atoms with Crippen LogP contribution < -0.4 is 25.0 Å². The maximum absolute atomic E-state index is 13.2. The molecule has 15 heteroatoms. The first-order valence-electron chi connectivity index (χ1n) is 11.6. The fourth-order valence-corrected chi connectivity index (χ4v) is 4.84. The number of anilines is 2. The van der Waals surface area contributed by atoms with Crippen molar-refractivity contribution in [3.63, 3.8) is 0 Å². The third kappa shape index (κ3) is 7.25. The Morgan fingerprint density at radius 3 is 2.43 bits per heavy atom. The molecule has 1 saturated heterocycles. The molecule has 2 fully saturated rings. The highest BCUT2D eigenvalue weighted by Crippen LogP contribution is 3.02. The second-order valence-corrected chi connectivity index (χ2v) is 11.2. The first-order chi connectivity index (χ1) is 17.3. The SMILES string of the molecule is COc1ccc(S(F)(F)(F)(F)F)cc1NC(=O)NC1CCC(Oc2ccnc(N3CCOCC3)n2)CC1. The number of aromatic nitrogens is 2. The lowest BCUT2D eigenvalue weighted by Gasteiger charge is -2.40. The maximum Gasteiger partial charge on any atom is 0.319 e. The van der Waals surface area contributed by atoms with E-state index in [1.807, 2.05) is 4.90 Å². The van der Waals surface area contributed by atoms with Gasteiger partial charge in [-0.2, -0.15) is 4.98 Å². The van der Waals surface area contributed by atoms with Crippen molar-refractivity contribution in [1.82, 2.24) is 15.3 Å². The van der Waals surface area contributed by atoms with Gasteiger partial charge in [0.15, 0.2) is 0 Å². The van der Waals surface area contributed by atoms with Crippen LogP contribution in [-0.4, -0.2) is 61.6 Å². The number of hydrogen-bond donors (Lipinski definition) is 2. The van der Waals surface area contributed by atoms with Gasteiger partial charge in [-0.05, 0) is 43.9 Å². The van der Waals surface area contributed by atoms with Crippen molar-refractivity contribution < 1.29 is 38.4 Å². The van der Waals surface area contributed by atoms with E-state index in [0.717, 1.165) is 13.2 Å². The Morgan fingerprint density at radius 2 is 1.78 bits per heavy atom. The summed E-state index contributed by atoms with van der Waals surface area (Å²) in [7, 11) is -8.77. The molecule has 0 bridgehead atoms. The number of methoxy groups -OCH3 is 1. The van der Waals surface area contributed by atoms with Crippen LogP contribution in [0.25, 0.3) is 0 Å². The fraction of sp³-hybridized carbons (Fsp3) is 0.500. The number of rotatable bonds is 7. The summed E-state index contributed by atoms with van der Waals surface area (Å²) in [6, 6.07) is 1.72.